The Balaban J connectivity index is 0.000000204. The minimum absolute atomic E-state index is 0.00407. The molecule has 2 rings (SSSR count). The Morgan fingerprint density at radius 1 is 1.20 bits per heavy atom. The molecule has 0 radical (unpaired) electrons. The van der Waals surface area contributed by atoms with Crippen molar-refractivity contribution in [2.45, 2.75) is 32.1 Å². The van der Waals surface area contributed by atoms with E-state index in [1.54, 1.807) is 0 Å². The number of carboxylic acid groups (broad SMARTS) is 1. The van der Waals surface area contributed by atoms with Crippen LogP contribution in [0.3, 0.4) is 0 Å². The van der Waals surface area contributed by atoms with E-state index in [1.807, 2.05) is 0 Å². The molecule has 0 spiro atoms. The summed E-state index contributed by atoms with van der Waals surface area (Å²) in [6.07, 6.45) is 5.88. The molecule has 6 heteroatoms. The third-order valence-corrected chi connectivity index (χ3v) is 3.19. The molecule has 0 amide bonds. The molecule has 0 bridgehead atoms. The van der Waals surface area contributed by atoms with Crippen molar-refractivity contribution in [3.63, 3.8) is 0 Å². The van der Waals surface area contributed by atoms with Gasteiger partial charge in [-0.25, -0.2) is 0 Å². The van der Waals surface area contributed by atoms with Gasteiger partial charge in [0.25, 0.3) is 5.69 Å². The first-order valence-corrected chi connectivity index (χ1v) is 6.47. The summed E-state index contributed by atoms with van der Waals surface area (Å²) in [5.74, 6) is -0.631. The average Bonchev–Trinajstić information content (AvgIpc) is 2.49. The highest BCUT2D eigenvalue weighted by atomic mass is 16.6. The Bertz CT molecular complexity index is 463. The molecule has 0 atom stereocenters. The lowest BCUT2D eigenvalue weighted by Crippen LogP contribution is -2.16. The molecule has 20 heavy (non-hydrogen) atoms. The number of carbonyl (C=O) groups is 2. The average molecular weight is 279 g/mol. The molecule has 0 aliphatic heterocycles. The van der Waals surface area contributed by atoms with Crippen LogP contribution >= 0.6 is 0 Å². The summed E-state index contributed by atoms with van der Waals surface area (Å²) in [5.41, 5.74) is 0.436. The molecule has 1 N–H and O–H groups in total. The number of benzene rings is 1. The second kappa shape index (κ2) is 8.04. The van der Waals surface area contributed by atoms with Crippen LogP contribution in [0.25, 0.3) is 0 Å². The van der Waals surface area contributed by atoms with E-state index < -0.39 is 10.9 Å². The molecule has 1 aliphatic rings. The molecule has 1 aromatic carbocycles. The summed E-state index contributed by atoms with van der Waals surface area (Å²) < 4.78 is 0. The summed E-state index contributed by atoms with van der Waals surface area (Å²) in [6, 6.07) is 5.41. The van der Waals surface area contributed by atoms with Gasteiger partial charge in [0, 0.05) is 17.7 Å². The van der Waals surface area contributed by atoms with Crippen LogP contribution in [0.2, 0.25) is 0 Å². The van der Waals surface area contributed by atoms with Gasteiger partial charge >= 0.3 is 5.97 Å². The van der Waals surface area contributed by atoms with Crippen molar-refractivity contribution in [3.05, 3.63) is 39.9 Å². The van der Waals surface area contributed by atoms with Gasteiger partial charge in [-0.3, -0.25) is 19.7 Å². The first kappa shape index (κ1) is 15.8. The molecule has 0 unspecified atom stereocenters. The summed E-state index contributed by atoms with van der Waals surface area (Å²) >= 11 is 0. The maximum atomic E-state index is 10.4. The molecule has 6 nitrogen and oxygen atoms in total. The molecular weight excluding hydrogens is 262 g/mol. The van der Waals surface area contributed by atoms with Crippen molar-refractivity contribution in [2.24, 2.45) is 5.92 Å². The van der Waals surface area contributed by atoms with Crippen molar-refractivity contribution in [1.82, 2.24) is 0 Å². The van der Waals surface area contributed by atoms with E-state index >= 15 is 0 Å². The maximum absolute atomic E-state index is 10.4. The van der Waals surface area contributed by atoms with Crippen LogP contribution in [0.4, 0.5) is 5.69 Å². The number of nitrogens with zero attached hydrogens (tertiary/aromatic N) is 1. The predicted molar refractivity (Wildman–Crippen MR) is 72.7 cm³/mol. The van der Waals surface area contributed by atoms with Gasteiger partial charge in [0.05, 0.1) is 10.8 Å². The van der Waals surface area contributed by atoms with E-state index in [9.17, 15) is 19.7 Å². The molecular formula is C14H17NO5. The van der Waals surface area contributed by atoms with E-state index in [1.165, 1.54) is 30.7 Å². The van der Waals surface area contributed by atoms with Crippen LogP contribution < -0.4 is 0 Å². The molecule has 1 saturated carbocycles. The quantitative estimate of drug-likeness (QED) is 0.521. The largest absolute Gasteiger partial charge is 0.481 e. The van der Waals surface area contributed by atoms with Gasteiger partial charge < -0.3 is 5.11 Å². The summed E-state index contributed by atoms with van der Waals surface area (Å²) in [7, 11) is 0. The van der Waals surface area contributed by atoms with E-state index in [0.29, 0.717) is 11.8 Å². The van der Waals surface area contributed by atoms with Gasteiger partial charge in [0.15, 0.2) is 0 Å². The standard InChI is InChI=1S/C7H5NO3.C7H12O2/c9-5-6-1-3-7(4-2-6)8(10)11;8-7(9)6-4-2-1-3-5-6/h1-5H;6H,1-5H2,(H,8,9). The molecule has 0 saturated heterocycles. The molecule has 1 fully saturated rings. The molecule has 0 heterocycles. The Morgan fingerprint density at radius 3 is 2.10 bits per heavy atom. The molecule has 1 aromatic rings. The Labute approximate surface area is 116 Å². The number of aliphatic carboxylic acids is 1. The topological polar surface area (TPSA) is 97.5 Å². The number of hydrogen-bond acceptors (Lipinski definition) is 4. The smallest absolute Gasteiger partial charge is 0.306 e. The van der Waals surface area contributed by atoms with Gasteiger partial charge in [0.1, 0.15) is 6.29 Å². The van der Waals surface area contributed by atoms with Gasteiger partial charge in [-0.2, -0.15) is 0 Å². The van der Waals surface area contributed by atoms with Crippen LogP contribution in [0.5, 0.6) is 0 Å². The Kier molecular flexibility index (Phi) is 6.36. The maximum Gasteiger partial charge on any atom is 0.306 e. The number of nitro groups is 1. The number of nitro benzene ring substituents is 1. The van der Waals surface area contributed by atoms with Crippen LogP contribution in [-0.4, -0.2) is 22.3 Å². The van der Waals surface area contributed by atoms with E-state index in [-0.39, 0.29) is 11.6 Å². The van der Waals surface area contributed by atoms with Crippen molar-refractivity contribution >= 4 is 17.9 Å². The van der Waals surface area contributed by atoms with Gasteiger partial charge in [0.2, 0.25) is 0 Å². The summed E-state index contributed by atoms with van der Waals surface area (Å²) in [5, 5.41) is 18.7. The van der Waals surface area contributed by atoms with Crippen LogP contribution in [0.15, 0.2) is 24.3 Å². The zero-order chi connectivity index (χ0) is 15.0. The monoisotopic (exact) mass is 279 g/mol. The highest BCUT2D eigenvalue weighted by Gasteiger charge is 2.19. The van der Waals surface area contributed by atoms with Crippen LogP contribution in [0, 0.1) is 16.0 Å². The fraction of sp³-hybridized carbons (Fsp3) is 0.429. The lowest BCUT2D eigenvalue weighted by Gasteiger charge is -2.16. The van der Waals surface area contributed by atoms with Crippen LogP contribution in [-0.2, 0) is 4.79 Å². The Hall–Kier alpha value is -2.24. The minimum atomic E-state index is -0.602. The number of carbonyl (C=O) groups excluding carboxylic acids is 1. The first-order valence-electron chi connectivity index (χ1n) is 6.47. The second-order valence-electron chi connectivity index (χ2n) is 4.64. The zero-order valence-corrected chi connectivity index (χ0v) is 11.0. The minimum Gasteiger partial charge on any atom is -0.481 e. The summed E-state index contributed by atoms with van der Waals surface area (Å²) in [4.78, 5) is 30.1. The fourth-order valence-corrected chi connectivity index (χ4v) is 2.02. The number of hydrogen-bond donors (Lipinski definition) is 1. The van der Waals surface area contributed by atoms with Crippen molar-refractivity contribution < 1.29 is 19.6 Å². The SMILES string of the molecule is O=C(O)C1CCCCC1.O=Cc1ccc([N+](=O)[O-])cc1. The molecule has 0 aromatic heterocycles. The summed E-state index contributed by atoms with van der Waals surface area (Å²) in [6.45, 7) is 0. The lowest BCUT2D eigenvalue weighted by atomic mass is 9.90. The number of carboxylic acids is 1. The number of non-ortho nitro benzene ring substituents is 1. The first-order chi connectivity index (χ1) is 9.54. The second-order valence-corrected chi connectivity index (χ2v) is 4.64. The normalized spacial score (nSPS) is 14.8. The van der Waals surface area contributed by atoms with Crippen LogP contribution in [0.1, 0.15) is 42.5 Å². The Morgan fingerprint density at radius 2 is 1.75 bits per heavy atom. The zero-order valence-electron chi connectivity index (χ0n) is 11.0. The third-order valence-electron chi connectivity index (χ3n) is 3.19. The molecule has 108 valence electrons. The van der Waals surface area contributed by atoms with E-state index in [2.05, 4.69) is 0 Å². The fourth-order valence-electron chi connectivity index (χ4n) is 2.02. The van der Waals surface area contributed by atoms with Crippen molar-refractivity contribution in [3.8, 4) is 0 Å². The molecule has 1 aliphatic carbocycles. The third kappa shape index (κ3) is 5.17. The van der Waals surface area contributed by atoms with E-state index in [0.717, 1.165) is 25.7 Å². The van der Waals surface area contributed by atoms with Crippen molar-refractivity contribution in [1.29, 1.82) is 0 Å². The highest BCUT2D eigenvalue weighted by molar-refractivity contribution is 5.75. The number of rotatable bonds is 3. The van der Waals surface area contributed by atoms with Gasteiger partial charge in [-0.1, -0.05) is 19.3 Å². The van der Waals surface area contributed by atoms with Gasteiger partial charge in [-0.15, -0.1) is 0 Å². The lowest BCUT2D eigenvalue weighted by molar-refractivity contribution is -0.384. The number of aldehydes is 1. The highest BCUT2D eigenvalue weighted by Crippen LogP contribution is 2.23. The van der Waals surface area contributed by atoms with Crippen molar-refractivity contribution in [2.75, 3.05) is 0 Å². The van der Waals surface area contributed by atoms with Gasteiger partial charge in [-0.05, 0) is 25.0 Å². The predicted octanol–water partition coefficient (Wildman–Crippen LogP) is 3.06. The van der Waals surface area contributed by atoms with E-state index in [4.69, 9.17) is 5.11 Å².